The third kappa shape index (κ3) is 5.30. The van der Waals surface area contributed by atoms with E-state index in [0.29, 0.717) is 17.4 Å². The van der Waals surface area contributed by atoms with E-state index in [1.54, 1.807) is 17.1 Å². The quantitative estimate of drug-likeness (QED) is 0.274. The SMILES string of the molecule is Cc1cn2c(-c3cnn(Cc4nnc(-c5ccncc5F)o4)c3)cnc2c(Nc2cc(CN3CCCCC3)ns2)n1. The molecule has 0 aliphatic carbocycles. The molecule has 6 aromatic heterocycles. The summed E-state index contributed by atoms with van der Waals surface area (Å²) in [6, 6.07) is 3.59. The number of likely N-dealkylation sites (tertiary alicyclic amines) is 1. The second-order valence-corrected chi connectivity index (χ2v) is 10.8. The molecule has 1 aliphatic heterocycles. The third-order valence-corrected chi connectivity index (χ3v) is 7.69. The monoisotopic (exact) mass is 571 g/mol. The summed E-state index contributed by atoms with van der Waals surface area (Å²) in [7, 11) is 0. The molecule has 0 unspecified atom stereocenters. The van der Waals surface area contributed by atoms with Gasteiger partial charge in [0.25, 0.3) is 5.89 Å². The van der Waals surface area contributed by atoms with Gasteiger partial charge < -0.3 is 9.73 Å². The number of nitrogens with zero attached hydrogens (tertiary/aromatic N) is 10. The maximum absolute atomic E-state index is 14.0. The van der Waals surface area contributed by atoms with Crippen molar-refractivity contribution in [2.75, 3.05) is 18.4 Å². The Hall–Kier alpha value is -4.56. The first-order valence-corrected chi connectivity index (χ1v) is 14.1. The van der Waals surface area contributed by atoms with E-state index in [9.17, 15) is 4.39 Å². The number of imidazole rings is 1. The van der Waals surface area contributed by atoms with Crippen molar-refractivity contribution in [3.8, 4) is 22.7 Å². The van der Waals surface area contributed by atoms with Gasteiger partial charge in [-0.15, -0.1) is 10.2 Å². The summed E-state index contributed by atoms with van der Waals surface area (Å²) in [5, 5.41) is 16.8. The smallest absolute Gasteiger partial charge is 0.250 e. The van der Waals surface area contributed by atoms with Crippen molar-refractivity contribution in [3.05, 3.63) is 72.4 Å². The summed E-state index contributed by atoms with van der Waals surface area (Å²) in [5.41, 5.74) is 4.53. The van der Waals surface area contributed by atoms with Crippen molar-refractivity contribution in [1.29, 1.82) is 0 Å². The van der Waals surface area contributed by atoms with Gasteiger partial charge in [0, 0.05) is 30.7 Å². The van der Waals surface area contributed by atoms with Gasteiger partial charge in [-0.05, 0) is 56.5 Å². The lowest BCUT2D eigenvalue weighted by molar-refractivity contribution is 0.219. The minimum atomic E-state index is -0.524. The van der Waals surface area contributed by atoms with Gasteiger partial charge in [0.2, 0.25) is 5.89 Å². The van der Waals surface area contributed by atoms with Crippen LogP contribution in [0.4, 0.5) is 15.2 Å². The van der Waals surface area contributed by atoms with Crippen LogP contribution < -0.4 is 5.32 Å². The number of piperidine rings is 1. The topological polar surface area (TPSA) is 128 Å². The van der Waals surface area contributed by atoms with Gasteiger partial charge in [0.15, 0.2) is 17.3 Å². The van der Waals surface area contributed by atoms with Crippen LogP contribution in [-0.4, -0.2) is 61.7 Å². The fourth-order valence-electron chi connectivity index (χ4n) is 5.01. The Morgan fingerprint density at radius 2 is 1.98 bits per heavy atom. The highest BCUT2D eigenvalue weighted by molar-refractivity contribution is 7.10. The molecule has 0 amide bonds. The molecule has 7 heterocycles. The average Bonchev–Trinajstić information content (AvgIpc) is 3.78. The van der Waals surface area contributed by atoms with Crippen molar-refractivity contribution in [3.63, 3.8) is 0 Å². The normalized spacial score (nSPS) is 14.2. The van der Waals surface area contributed by atoms with Crippen LogP contribution >= 0.6 is 11.5 Å². The third-order valence-electron chi connectivity index (χ3n) is 6.94. The fraction of sp³-hybridized carbons (Fsp3) is 0.296. The number of anilines is 2. The average molecular weight is 572 g/mol. The number of aromatic nitrogens is 9. The van der Waals surface area contributed by atoms with Crippen LogP contribution in [0, 0.1) is 12.7 Å². The number of aryl methyl sites for hydroxylation is 1. The van der Waals surface area contributed by atoms with Gasteiger partial charge in [-0.25, -0.2) is 14.4 Å². The van der Waals surface area contributed by atoms with Gasteiger partial charge in [-0.2, -0.15) is 9.47 Å². The number of halogens is 1. The molecule has 6 aromatic rings. The van der Waals surface area contributed by atoms with E-state index in [2.05, 4.69) is 45.9 Å². The summed E-state index contributed by atoms with van der Waals surface area (Å²) in [6.07, 6.45) is 13.8. The molecule has 0 spiro atoms. The van der Waals surface area contributed by atoms with Crippen molar-refractivity contribution in [2.24, 2.45) is 0 Å². The lowest BCUT2D eigenvalue weighted by atomic mass is 10.1. The van der Waals surface area contributed by atoms with Crippen LogP contribution in [0.1, 0.15) is 36.5 Å². The Bertz CT molecular complexity index is 1820. The highest BCUT2D eigenvalue weighted by Gasteiger charge is 2.17. The number of fused-ring (bicyclic) bond motifs is 1. The van der Waals surface area contributed by atoms with Crippen molar-refractivity contribution in [1.82, 2.24) is 48.6 Å². The first kappa shape index (κ1) is 25.4. The summed E-state index contributed by atoms with van der Waals surface area (Å²) in [6.45, 7) is 5.32. The van der Waals surface area contributed by atoms with Crippen LogP contribution in [0.15, 0.2) is 53.7 Å². The Labute approximate surface area is 238 Å². The number of rotatable bonds is 8. The number of nitrogens with one attached hydrogen (secondary N) is 1. The van der Waals surface area contributed by atoms with Gasteiger partial charge in [0.05, 0.1) is 41.2 Å². The van der Waals surface area contributed by atoms with Crippen LogP contribution in [0.25, 0.3) is 28.4 Å². The maximum Gasteiger partial charge on any atom is 0.250 e. The zero-order valence-corrected chi connectivity index (χ0v) is 23.1. The Morgan fingerprint density at radius 1 is 1.07 bits per heavy atom. The molecular weight excluding hydrogens is 545 g/mol. The Balaban J connectivity index is 1.09. The predicted octanol–water partition coefficient (Wildman–Crippen LogP) is 4.72. The number of pyridine rings is 1. The molecule has 0 atom stereocenters. The van der Waals surface area contributed by atoms with E-state index in [-0.39, 0.29) is 18.0 Å². The molecule has 0 radical (unpaired) electrons. The molecule has 1 N–H and O–H groups in total. The molecule has 12 nitrogen and oxygen atoms in total. The second-order valence-electron chi connectivity index (χ2n) is 10.00. The molecule has 0 saturated carbocycles. The standard InChI is InChI=1S/C27H26FN11OS/c1-17-13-39-22(18-10-31-38(14-18)16-23-34-35-27(40-23)20-5-6-29-11-21(20)28)12-30-26(39)25(32-17)33-24-9-19(36-41-24)15-37-7-3-2-4-8-37/h5-6,9-14H,2-4,7-8,15-16H2,1H3,(H,32,33). The van der Waals surface area contributed by atoms with E-state index in [4.69, 9.17) is 9.40 Å². The van der Waals surface area contributed by atoms with Gasteiger partial charge in [0.1, 0.15) is 11.5 Å². The number of hydrogen-bond donors (Lipinski definition) is 1. The maximum atomic E-state index is 14.0. The van der Waals surface area contributed by atoms with E-state index in [1.165, 1.54) is 43.1 Å². The lowest BCUT2D eigenvalue weighted by Crippen LogP contribution is -2.29. The Morgan fingerprint density at radius 3 is 2.85 bits per heavy atom. The molecule has 1 aliphatic rings. The summed E-state index contributed by atoms with van der Waals surface area (Å²) >= 11 is 1.43. The molecule has 208 valence electrons. The van der Waals surface area contributed by atoms with Crippen LogP contribution in [0.5, 0.6) is 0 Å². The summed E-state index contributed by atoms with van der Waals surface area (Å²) < 4.78 is 28.0. The van der Waals surface area contributed by atoms with Gasteiger partial charge in [-0.1, -0.05) is 6.42 Å². The summed E-state index contributed by atoms with van der Waals surface area (Å²) in [4.78, 5) is 15.6. The second kappa shape index (κ2) is 10.8. The predicted molar refractivity (Wildman–Crippen MR) is 150 cm³/mol. The molecule has 1 saturated heterocycles. The lowest BCUT2D eigenvalue weighted by Gasteiger charge is -2.25. The number of hydrogen-bond acceptors (Lipinski definition) is 11. The van der Waals surface area contributed by atoms with Gasteiger partial charge >= 0.3 is 0 Å². The van der Waals surface area contributed by atoms with Crippen LogP contribution in [0.3, 0.4) is 0 Å². The first-order chi connectivity index (χ1) is 20.1. The van der Waals surface area contributed by atoms with Gasteiger partial charge in [-0.3, -0.25) is 19.0 Å². The zero-order chi connectivity index (χ0) is 27.8. The van der Waals surface area contributed by atoms with E-state index >= 15 is 0 Å². The molecule has 0 aromatic carbocycles. The van der Waals surface area contributed by atoms with Crippen LogP contribution in [-0.2, 0) is 13.1 Å². The van der Waals surface area contributed by atoms with Crippen molar-refractivity contribution >= 4 is 28.0 Å². The van der Waals surface area contributed by atoms with Crippen molar-refractivity contribution < 1.29 is 8.81 Å². The molecule has 1 fully saturated rings. The van der Waals surface area contributed by atoms with E-state index < -0.39 is 5.82 Å². The molecule has 7 rings (SSSR count). The van der Waals surface area contributed by atoms with Crippen molar-refractivity contribution in [2.45, 2.75) is 39.3 Å². The Kier molecular flexibility index (Phi) is 6.68. The highest BCUT2D eigenvalue weighted by atomic mass is 32.1. The van der Waals surface area contributed by atoms with E-state index in [1.807, 2.05) is 23.7 Å². The van der Waals surface area contributed by atoms with Crippen LogP contribution in [0.2, 0.25) is 0 Å². The molecule has 41 heavy (non-hydrogen) atoms. The minimum Gasteiger partial charge on any atom is -0.419 e. The van der Waals surface area contributed by atoms with E-state index in [0.717, 1.165) is 53.5 Å². The fourth-order valence-corrected chi connectivity index (χ4v) is 5.67. The first-order valence-electron chi connectivity index (χ1n) is 13.3. The largest absolute Gasteiger partial charge is 0.419 e. The molecule has 0 bridgehead atoms. The molecular formula is C27H26FN11OS. The minimum absolute atomic E-state index is 0.0941. The zero-order valence-electron chi connectivity index (χ0n) is 22.2. The highest BCUT2D eigenvalue weighted by Crippen LogP contribution is 2.28. The summed E-state index contributed by atoms with van der Waals surface area (Å²) in [5.74, 6) is 0.540. The molecule has 14 heteroatoms.